The highest BCUT2D eigenvalue weighted by atomic mass is 16.2. The lowest BCUT2D eigenvalue weighted by Crippen LogP contribution is -2.53. The third kappa shape index (κ3) is 2.04. The average molecular weight is 303 g/mol. The van der Waals surface area contributed by atoms with Crippen LogP contribution in [0.25, 0.3) is 0 Å². The van der Waals surface area contributed by atoms with E-state index in [0.29, 0.717) is 12.5 Å². The molecule has 22 heavy (non-hydrogen) atoms. The Balaban J connectivity index is 2.16. The van der Waals surface area contributed by atoms with E-state index in [1.165, 1.54) is 0 Å². The van der Waals surface area contributed by atoms with Gasteiger partial charge in [0, 0.05) is 12.1 Å². The zero-order valence-corrected chi connectivity index (χ0v) is 14.2. The van der Waals surface area contributed by atoms with Crippen molar-refractivity contribution in [3.05, 3.63) is 12.0 Å². The van der Waals surface area contributed by atoms with Gasteiger partial charge in [-0.05, 0) is 33.6 Å². The number of carbonyl (C=O) groups is 1. The van der Waals surface area contributed by atoms with Crippen molar-refractivity contribution >= 4 is 17.7 Å². The van der Waals surface area contributed by atoms with Gasteiger partial charge >= 0.3 is 6.03 Å². The first-order valence-corrected chi connectivity index (χ1v) is 8.08. The smallest absolute Gasteiger partial charge is 0.314 e. The van der Waals surface area contributed by atoms with Gasteiger partial charge in [0.1, 0.15) is 11.5 Å². The van der Waals surface area contributed by atoms with Crippen LogP contribution in [0.3, 0.4) is 0 Å². The van der Waals surface area contributed by atoms with Crippen LogP contribution in [0, 0.1) is 5.92 Å². The van der Waals surface area contributed by atoms with Gasteiger partial charge in [-0.1, -0.05) is 13.8 Å². The van der Waals surface area contributed by atoms with Gasteiger partial charge in [-0.15, -0.1) is 0 Å². The highest BCUT2D eigenvalue weighted by molar-refractivity contribution is 6.18. The molecule has 1 atom stereocenters. The summed E-state index contributed by atoms with van der Waals surface area (Å²) in [6, 6.07) is 0.509. The molecule has 0 saturated carbocycles. The fourth-order valence-electron chi connectivity index (χ4n) is 3.07. The maximum absolute atomic E-state index is 13.0. The number of aromatic nitrogens is 2. The third-order valence-corrected chi connectivity index (χ3v) is 4.40. The number of amides is 2. The molecule has 0 spiro atoms. The topological polar surface area (TPSA) is 53.7 Å². The Morgan fingerprint density at radius 3 is 2.36 bits per heavy atom. The molecule has 0 fully saturated rings. The summed E-state index contributed by atoms with van der Waals surface area (Å²) >= 11 is 0. The Morgan fingerprint density at radius 1 is 1.14 bits per heavy atom. The molecule has 3 rings (SSSR count). The number of amidine groups is 1. The molecule has 1 aromatic rings. The van der Waals surface area contributed by atoms with E-state index < -0.39 is 0 Å². The maximum atomic E-state index is 13.0. The van der Waals surface area contributed by atoms with Crippen molar-refractivity contribution in [2.75, 3.05) is 11.4 Å². The minimum absolute atomic E-state index is 0.0202. The van der Waals surface area contributed by atoms with Crippen molar-refractivity contribution in [3.8, 4) is 0 Å². The first-order valence-electron chi connectivity index (χ1n) is 8.08. The number of rotatable bonds is 3. The van der Waals surface area contributed by atoms with Crippen molar-refractivity contribution in [1.82, 2.24) is 14.5 Å². The van der Waals surface area contributed by atoms with Gasteiger partial charge in [-0.25, -0.2) is 9.78 Å². The summed E-state index contributed by atoms with van der Waals surface area (Å²) in [7, 11) is 0. The minimum Gasteiger partial charge on any atom is -0.314 e. The molecule has 1 aromatic heterocycles. The second kappa shape index (κ2) is 5.11. The number of hydrogen-bond acceptors (Lipinski definition) is 3. The minimum atomic E-state index is 0.0202. The van der Waals surface area contributed by atoms with E-state index in [1.54, 1.807) is 4.90 Å². The predicted molar refractivity (Wildman–Crippen MR) is 87.5 cm³/mol. The number of urea groups is 1. The van der Waals surface area contributed by atoms with Crippen LogP contribution in [-0.4, -0.2) is 44.9 Å². The zero-order valence-electron chi connectivity index (χ0n) is 14.2. The van der Waals surface area contributed by atoms with Crippen molar-refractivity contribution in [2.24, 2.45) is 10.9 Å². The largest absolute Gasteiger partial charge is 0.331 e. The molecule has 120 valence electrons. The molecule has 0 aliphatic carbocycles. The van der Waals surface area contributed by atoms with Crippen LogP contribution in [0.2, 0.25) is 0 Å². The predicted octanol–water partition coefficient (Wildman–Crippen LogP) is 2.90. The number of hydrogen-bond donors (Lipinski definition) is 0. The molecule has 2 aliphatic rings. The molecule has 6 nitrogen and oxygen atoms in total. The number of carbonyl (C=O) groups excluding carboxylic acids is 1. The lowest BCUT2D eigenvalue weighted by atomic mass is 10.1. The van der Waals surface area contributed by atoms with Crippen LogP contribution in [0.4, 0.5) is 10.6 Å². The monoisotopic (exact) mass is 303 g/mol. The van der Waals surface area contributed by atoms with Gasteiger partial charge in [0.25, 0.3) is 0 Å². The van der Waals surface area contributed by atoms with Crippen molar-refractivity contribution in [3.63, 3.8) is 0 Å². The number of aliphatic imine (C=N–C) groups is 1. The molecule has 2 amide bonds. The Kier molecular flexibility index (Phi) is 3.50. The third-order valence-electron chi connectivity index (χ3n) is 4.40. The van der Waals surface area contributed by atoms with Crippen LogP contribution < -0.4 is 4.90 Å². The Morgan fingerprint density at radius 2 is 1.82 bits per heavy atom. The summed E-state index contributed by atoms with van der Waals surface area (Å²) in [6.45, 7) is 13.2. The van der Waals surface area contributed by atoms with E-state index >= 15 is 0 Å². The van der Waals surface area contributed by atoms with E-state index in [9.17, 15) is 4.79 Å². The summed E-state index contributed by atoms with van der Waals surface area (Å²) in [5.74, 6) is 2.04. The normalized spacial score (nSPS) is 21.0. The zero-order chi connectivity index (χ0) is 16.2. The summed E-state index contributed by atoms with van der Waals surface area (Å²) < 4.78 is 2.07. The Hall–Kier alpha value is -1.85. The number of anilines is 1. The van der Waals surface area contributed by atoms with E-state index in [1.807, 2.05) is 25.1 Å². The van der Waals surface area contributed by atoms with Gasteiger partial charge in [0.05, 0.1) is 18.9 Å². The van der Waals surface area contributed by atoms with Gasteiger partial charge in [-0.3, -0.25) is 14.8 Å². The molecule has 2 aliphatic heterocycles. The second-order valence-corrected chi connectivity index (χ2v) is 7.04. The van der Waals surface area contributed by atoms with Crippen molar-refractivity contribution < 1.29 is 4.79 Å². The molecule has 0 unspecified atom stereocenters. The van der Waals surface area contributed by atoms with Crippen LogP contribution in [0.5, 0.6) is 0 Å². The van der Waals surface area contributed by atoms with Crippen LogP contribution in [0.15, 0.2) is 11.3 Å². The highest BCUT2D eigenvalue weighted by Crippen LogP contribution is 2.35. The molecule has 3 heterocycles. The first kappa shape index (κ1) is 15.1. The number of fused-ring (bicyclic) bond motifs is 3. The van der Waals surface area contributed by atoms with Gasteiger partial charge in [0.2, 0.25) is 0 Å². The molecular formula is C16H25N5O. The fourth-order valence-corrected chi connectivity index (χ4v) is 3.07. The lowest BCUT2D eigenvalue weighted by molar-refractivity contribution is 0.223. The van der Waals surface area contributed by atoms with Crippen molar-refractivity contribution in [1.29, 1.82) is 0 Å². The highest BCUT2D eigenvalue weighted by Gasteiger charge is 2.44. The first-order chi connectivity index (χ1) is 10.3. The summed E-state index contributed by atoms with van der Waals surface area (Å²) in [5, 5.41) is 0. The summed E-state index contributed by atoms with van der Waals surface area (Å²) in [6.07, 6.45) is 1.83. The molecule has 0 aromatic carbocycles. The van der Waals surface area contributed by atoms with E-state index in [-0.39, 0.29) is 24.2 Å². The summed E-state index contributed by atoms with van der Waals surface area (Å²) in [4.78, 5) is 26.0. The molecule has 0 N–H and O–H groups in total. The van der Waals surface area contributed by atoms with Crippen LogP contribution in [0.1, 0.15) is 53.3 Å². The van der Waals surface area contributed by atoms with E-state index in [4.69, 9.17) is 4.99 Å². The molecule has 6 heteroatoms. The SMILES string of the molecule is CC(C)[C@@H]1CN2C(=O)N(C(C)C)c3c(ncn3C(C)C)C2=N1. The van der Waals surface area contributed by atoms with Gasteiger partial charge in [-0.2, -0.15) is 0 Å². The Bertz CT molecular complexity index is 628. The van der Waals surface area contributed by atoms with E-state index in [2.05, 4.69) is 37.2 Å². The standard InChI is InChI=1S/C16H25N5O/c1-9(2)12-7-19-14(18-12)13-15(20(8-17-13)10(3)4)21(11(5)6)16(19)22/h8-12H,7H2,1-6H3/t12-/m0/s1. The van der Waals surface area contributed by atoms with E-state index in [0.717, 1.165) is 17.3 Å². The van der Waals surface area contributed by atoms with Crippen LogP contribution in [-0.2, 0) is 0 Å². The second-order valence-electron chi connectivity index (χ2n) is 7.04. The van der Waals surface area contributed by atoms with Crippen molar-refractivity contribution in [2.45, 2.75) is 59.7 Å². The molecular weight excluding hydrogens is 278 g/mol. The summed E-state index contributed by atoms with van der Waals surface area (Å²) in [5.41, 5.74) is 0.838. The lowest BCUT2D eigenvalue weighted by Gasteiger charge is -2.37. The number of imidazole rings is 1. The maximum Gasteiger partial charge on any atom is 0.331 e. The average Bonchev–Trinajstić information content (AvgIpc) is 3.01. The Labute approximate surface area is 131 Å². The van der Waals surface area contributed by atoms with Gasteiger partial charge < -0.3 is 4.57 Å². The number of nitrogens with zero attached hydrogens (tertiary/aromatic N) is 5. The van der Waals surface area contributed by atoms with Crippen LogP contribution >= 0.6 is 0 Å². The molecule has 0 saturated heterocycles. The molecule has 0 radical (unpaired) electrons. The molecule has 0 bridgehead atoms. The van der Waals surface area contributed by atoms with Gasteiger partial charge in [0.15, 0.2) is 5.84 Å². The fraction of sp³-hybridized carbons (Fsp3) is 0.688. The quantitative estimate of drug-likeness (QED) is 0.862.